The van der Waals surface area contributed by atoms with E-state index in [1.54, 1.807) is 19.3 Å². The first-order valence-corrected chi connectivity index (χ1v) is 7.97. The fourth-order valence-electron chi connectivity index (χ4n) is 2.54. The van der Waals surface area contributed by atoms with Gasteiger partial charge < -0.3 is 14.6 Å². The monoisotopic (exact) mass is 338 g/mol. The second kappa shape index (κ2) is 7.57. The standard InChI is InChI=1S/C18H18N4O3/c1-2-25-17(24)11-20-16(23)12-22-15-6-4-3-5-14(15)21-18(22)13-7-9-19-10-8-13/h3-10H,2,11-12H2,1H3,(H,20,23). The van der Waals surface area contributed by atoms with Crippen molar-refractivity contribution in [1.29, 1.82) is 0 Å². The Labute approximate surface area is 144 Å². The smallest absolute Gasteiger partial charge is 0.325 e. The lowest BCUT2D eigenvalue weighted by molar-refractivity contribution is -0.143. The van der Waals surface area contributed by atoms with Gasteiger partial charge in [0, 0.05) is 18.0 Å². The van der Waals surface area contributed by atoms with Gasteiger partial charge in [-0.25, -0.2) is 4.98 Å². The van der Waals surface area contributed by atoms with Crippen molar-refractivity contribution in [2.24, 2.45) is 0 Å². The zero-order valence-corrected chi connectivity index (χ0v) is 13.8. The van der Waals surface area contributed by atoms with Crippen LogP contribution in [0.2, 0.25) is 0 Å². The second-order valence-corrected chi connectivity index (χ2v) is 5.33. The van der Waals surface area contributed by atoms with Gasteiger partial charge in [-0.2, -0.15) is 0 Å². The Morgan fingerprint density at radius 3 is 2.68 bits per heavy atom. The molecule has 0 saturated carbocycles. The number of nitrogens with zero attached hydrogens (tertiary/aromatic N) is 3. The van der Waals surface area contributed by atoms with Crippen LogP contribution in [0.15, 0.2) is 48.8 Å². The maximum Gasteiger partial charge on any atom is 0.325 e. The molecule has 0 atom stereocenters. The molecule has 0 aliphatic rings. The molecule has 0 unspecified atom stereocenters. The van der Waals surface area contributed by atoms with E-state index in [1.165, 1.54) is 0 Å². The lowest BCUT2D eigenvalue weighted by Crippen LogP contribution is -2.33. The molecule has 2 heterocycles. The number of aromatic nitrogens is 3. The summed E-state index contributed by atoms with van der Waals surface area (Å²) in [5.74, 6) is -0.0675. The summed E-state index contributed by atoms with van der Waals surface area (Å²) in [6, 6.07) is 11.3. The van der Waals surface area contributed by atoms with Crippen LogP contribution < -0.4 is 5.32 Å². The number of nitrogens with one attached hydrogen (secondary N) is 1. The number of carbonyl (C=O) groups excluding carboxylic acids is 2. The highest BCUT2D eigenvalue weighted by Gasteiger charge is 2.15. The predicted molar refractivity (Wildman–Crippen MR) is 92.6 cm³/mol. The lowest BCUT2D eigenvalue weighted by atomic mass is 10.2. The molecule has 0 aliphatic carbocycles. The molecule has 2 aromatic heterocycles. The number of ether oxygens (including phenoxy) is 1. The van der Waals surface area contributed by atoms with Crippen LogP contribution in [0.1, 0.15) is 6.92 Å². The summed E-state index contributed by atoms with van der Waals surface area (Å²) < 4.78 is 6.64. The molecule has 0 spiro atoms. The highest BCUT2D eigenvalue weighted by atomic mass is 16.5. The molecule has 0 saturated heterocycles. The third kappa shape index (κ3) is 3.82. The van der Waals surface area contributed by atoms with Crippen molar-refractivity contribution in [3.05, 3.63) is 48.8 Å². The van der Waals surface area contributed by atoms with Gasteiger partial charge >= 0.3 is 5.97 Å². The second-order valence-electron chi connectivity index (χ2n) is 5.33. The Morgan fingerprint density at radius 1 is 1.16 bits per heavy atom. The molecule has 1 N–H and O–H groups in total. The number of hydrogen-bond acceptors (Lipinski definition) is 5. The number of fused-ring (bicyclic) bond motifs is 1. The molecule has 3 aromatic rings. The third-order valence-electron chi connectivity index (χ3n) is 3.63. The maximum absolute atomic E-state index is 12.3. The summed E-state index contributed by atoms with van der Waals surface area (Å²) in [4.78, 5) is 32.3. The molecule has 0 aliphatic heterocycles. The van der Waals surface area contributed by atoms with Crippen LogP contribution >= 0.6 is 0 Å². The van der Waals surface area contributed by atoms with Crippen molar-refractivity contribution in [2.75, 3.05) is 13.2 Å². The van der Waals surface area contributed by atoms with Gasteiger partial charge in [0.15, 0.2) is 0 Å². The van der Waals surface area contributed by atoms with E-state index < -0.39 is 5.97 Å². The SMILES string of the molecule is CCOC(=O)CNC(=O)Cn1c(-c2ccncc2)nc2ccccc21. The first kappa shape index (κ1) is 16.6. The van der Waals surface area contributed by atoms with Gasteiger partial charge in [-0.05, 0) is 31.2 Å². The molecular formula is C18H18N4O3. The number of hydrogen-bond donors (Lipinski definition) is 1. The van der Waals surface area contributed by atoms with Gasteiger partial charge in [-0.1, -0.05) is 12.1 Å². The van der Waals surface area contributed by atoms with E-state index in [0.29, 0.717) is 5.82 Å². The van der Waals surface area contributed by atoms with Crippen LogP contribution in [0.25, 0.3) is 22.4 Å². The van der Waals surface area contributed by atoms with Gasteiger partial charge in [-0.15, -0.1) is 0 Å². The molecule has 3 rings (SSSR count). The van der Waals surface area contributed by atoms with Crippen LogP contribution in [0, 0.1) is 0 Å². The van der Waals surface area contributed by atoms with Crippen molar-refractivity contribution < 1.29 is 14.3 Å². The highest BCUT2D eigenvalue weighted by Crippen LogP contribution is 2.24. The van der Waals surface area contributed by atoms with E-state index in [4.69, 9.17) is 4.74 Å². The van der Waals surface area contributed by atoms with E-state index in [-0.39, 0.29) is 25.6 Å². The largest absolute Gasteiger partial charge is 0.465 e. The summed E-state index contributed by atoms with van der Waals surface area (Å²) >= 11 is 0. The summed E-state index contributed by atoms with van der Waals surface area (Å²) in [7, 11) is 0. The Bertz CT molecular complexity index is 890. The quantitative estimate of drug-likeness (QED) is 0.692. The normalized spacial score (nSPS) is 10.6. The minimum atomic E-state index is -0.458. The molecule has 0 fully saturated rings. The van der Waals surface area contributed by atoms with Crippen LogP contribution in [0.5, 0.6) is 0 Å². The fraction of sp³-hybridized carbons (Fsp3) is 0.222. The Morgan fingerprint density at radius 2 is 1.92 bits per heavy atom. The number of amides is 1. The Kier molecular flexibility index (Phi) is 5.03. The van der Waals surface area contributed by atoms with Crippen LogP contribution in [0.3, 0.4) is 0 Å². The summed E-state index contributed by atoms with van der Waals surface area (Å²) in [6.45, 7) is 1.91. The first-order chi connectivity index (χ1) is 12.2. The third-order valence-corrected chi connectivity index (χ3v) is 3.63. The number of imidazole rings is 1. The van der Waals surface area contributed by atoms with Crippen LogP contribution in [-0.2, 0) is 20.9 Å². The number of carbonyl (C=O) groups is 2. The van der Waals surface area contributed by atoms with E-state index in [1.807, 2.05) is 41.0 Å². The van der Waals surface area contributed by atoms with E-state index in [9.17, 15) is 9.59 Å². The summed E-state index contributed by atoms with van der Waals surface area (Å²) in [5, 5.41) is 2.57. The molecule has 7 nitrogen and oxygen atoms in total. The zero-order valence-electron chi connectivity index (χ0n) is 13.8. The number of benzene rings is 1. The molecule has 0 bridgehead atoms. The van der Waals surface area contributed by atoms with Gasteiger partial charge in [0.05, 0.1) is 17.6 Å². The van der Waals surface area contributed by atoms with E-state index >= 15 is 0 Å². The first-order valence-electron chi connectivity index (χ1n) is 7.97. The topological polar surface area (TPSA) is 86.1 Å². The van der Waals surface area contributed by atoms with Gasteiger partial charge in [-0.3, -0.25) is 14.6 Å². The van der Waals surface area contributed by atoms with E-state index in [2.05, 4.69) is 15.3 Å². The van der Waals surface area contributed by atoms with E-state index in [0.717, 1.165) is 16.6 Å². The summed E-state index contributed by atoms with van der Waals surface area (Å²) in [5.41, 5.74) is 2.51. The Hall–Kier alpha value is -3.22. The van der Waals surface area contributed by atoms with Crippen molar-refractivity contribution in [1.82, 2.24) is 19.9 Å². The number of pyridine rings is 1. The summed E-state index contributed by atoms with van der Waals surface area (Å²) in [6.07, 6.45) is 3.36. The number of para-hydroxylation sites is 2. The predicted octanol–water partition coefficient (Wildman–Crippen LogP) is 1.78. The average molecular weight is 338 g/mol. The average Bonchev–Trinajstić information content (AvgIpc) is 3.00. The van der Waals surface area contributed by atoms with Crippen LogP contribution in [-0.4, -0.2) is 39.6 Å². The lowest BCUT2D eigenvalue weighted by Gasteiger charge is -2.10. The molecule has 1 aromatic carbocycles. The highest BCUT2D eigenvalue weighted by molar-refractivity contribution is 5.86. The minimum Gasteiger partial charge on any atom is -0.465 e. The molecule has 7 heteroatoms. The molecule has 128 valence electrons. The Balaban J connectivity index is 1.87. The van der Waals surface area contributed by atoms with Crippen molar-refractivity contribution in [2.45, 2.75) is 13.5 Å². The van der Waals surface area contributed by atoms with Crippen molar-refractivity contribution in [3.8, 4) is 11.4 Å². The molecule has 25 heavy (non-hydrogen) atoms. The van der Waals surface area contributed by atoms with Gasteiger partial charge in [0.25, 0.3) is 0 Å². The molecular weight excluding hydrogens is 320 g/mol. The van der Waals surface area contributed by atoms with Gasteiger partial charge in [0.1, 0.15) is 18.9 Å². The fourth-order valence-corrected chi connectivity index (χ4v) is 2.54. The number of esters is 1. The number of rotatable bonds is 6. The molecule has 0 radical (unpaired) electrons. The van der Waals surface area contributed by atoms with Crippen LogP contribution in [0.4, 0.5) is 0 Å². The minimum absolute atomic E-state index is 0.0531. The van der Waals surface area contributed by atoms with Crippen molar-refractivity contribution >= 4 is 22.9 Å². The zero-order chi connectivity index (χ0) is 17.6. The van der Waals surface area contributed by atoms with Gasteiger partial charge in [0.2, 0.25) is 5.91 Å². The maximum atomic E-state index is 12.3. The molecule has 1 amide bonds. The van der Waals surface area contributed by atoms with Crippen molar-refractivity contribution in [3.63, 3.8) is 0 Å².